The van der Waals surface area contributed by atoms with Crippen LogP contribution < -0.4 is 9.47 Å². The van der Waals surface area contributed by atoms with Gasteiger partial charge in [0.1, 0.15) is 12.4 Å². The maximum Gasteiger partial charge on any atom is 0.313 e. The van der Waals surface area contributed by atoms with E-state index in [1.54, 1.807) is 18.2 Å². The molecule has 0 atom stereocenters. The van der Waals surface area contributed by atoms with Crippen LogP contribution in [-0.2, 0) is 20.7 Å². The number of carbonyl (C=O) groups is 1. The molecule has 184 valence electrons. The molecular weight excluding hydrogens is 469 g/mol. The summed E-state index contributed by atoms with van der Waals surface area (Å²) in [6.45, 7) is 1.12. The minimum atomic E-state index is -2.34. The normalized spacial score (nSPS) is 10.6. The molecule has 0 aliphatic rings. The van der Waals surface area contributed by atoms with Crippen molar-refractivity contribution in [3.63, 3.8) is 0 Å². The molecule has 0 bridgehead atoms. The SMILES string of the molecule is [N-]=[N+]=NCCOCCOc1cccc(CCOCCC(=O)Oc2c(F)c(F)c(F)c(F)c2F)c1. The lowest BCUT2D eigenvalue weighted by atomic mass is 10.1. The van der Waals surface area contributed by atoms with Crippen molar-refractivity contribution in [2.75, 3.05) is 39.6 Å². The van der Waals surface area contributed by atoms with Crippen LogP contribution in [0.15, 0.2) is 29.4 Å². The predicted octanol–water partition coefficient (Wildman–Crippen LogP) is 4.64. The van der Waals surface area contributed by atoms with E-state index in [1.807, 2.05) is 6.07 Å². The van der Waals surface area contributed by atoms with Crippen LogP contribution in [0.1, 0.15) is 12.0 Å². The van der Waals surface area contributed by atoms with E-state index in [0.717, 1.165) is 5.56 Å². The highest BCUT2D eigenvalue weighted by molar-refractivity contribution is 5.72. The minimum Gasteiger partial charge on any atom is -0.491 e. The fraction of sp³-hybridized carbons (Fsp3) is 0.381. The standard InChI is InChI=1S/C21H20F5N3O5/c22-16-17(23)19(25)21(20(26)18(16)24)34-15(30)5-8-31-7-4-13-2-1-3-14(12-13)33-11-10-32-9-6-28-29-27/h1-3,12H,4-11H2. The van der Waals surface area contributed by atoms with Crippen LogP contribution in [0, 0.1) is 29.1 Å². The van der Waals surface area contributed by atoms with E-state index in [-0.39, 0.29) is 19.8 Å². The van der Waals surface area contributed by atoms with Crippen LogP contribution in [0.25, 0.3) is 10.4 Å². The van der Waals surface area contributed by atoms with Gasteiger partial charge in [-0.3, -0.25) is 4.79 Å². The Morgan fingerprint density at radius 1 is 0.882 bits per heavy atom. The Morgan fingerprint density at radius 2 is 1.56 bits per heavy atom. The first-order chi connectivity index (χ1) is 16.3. The zero-order valence-corrected chi connectivity index (χ0v) is 17.7. The third-order valence-electron chi connectivity index (χ3n) is 4.16. The lowest BCUT2D eigenvalue weighted by Gasteiger charge is -2.10. The molecule has 2 aromatic rings. The molecule has 0 radical (unpaired) electrons. The molecule has 0 N–H and O–H groups in total. The van der Waals surface area contributed by atoms with Gasteiger partial charge < -0.3 is 18.9 Å². The highest BCUT2D eigenvalue weighted by Crippen LogP contribution is 2.29. The van der Waals surface area contributed by atoms with Crippen LogP contribution in [0.5, 0.6) is 11.5 Å². The predicted molar refractivity (Wildman–Crippen MR) is 108 cm³/mol. The highest BCUT2D eigenvalue weighted by Gasteiger charge is 2.28. The van der Waals surface area contributed by atoms with Gasteiger partial charge in [-0.15, -0.1) is 0 Å². The molecule has 0 aliphatic carbocycles. The van der Waals surface area contributed by atoms with Crippen LogP contribution in [0.3, 0.4) is 0 Å². The first kappa shape index (κ1) is 26.8. The minimum absolute atomic E-state index is 0.182. The molecule has 0 aromatic heterocycles. The molecule has 2 aromatic carbocycles. The number of rotatable bonds is 14. The molecule has 13 heteroatoms. The third-order valence-corrected chi connectivity index (χ3v) is 4.16. The number of benzene rings is 2. The van der Waals surface area contributed by atoms with Gasteiger partial charge in [-0.1, -0.05) is 17.2 Å². The topological polar surface area (TPSA) is 103 Å². The first-order valence-electron chi connectivity index (χ1n) is 9.95. The molecule has 0 saturated heterocycles. The van der Waals surface area contributed by atoms with Crippen molar-refractivity contribution in [3.05, 3.63) is 69.4 Å². The monoisotopic (exact) mass is 489 g/mol. The average molecular weight is 489 g/mol. The lowest BCUT2D eigenvalue weighted by molar-refractivity contribution is -0.136. The van der Waals surface area contributed by atoms with E-state index in [4.69, 9.17) is 19.7 Å². The third kappa shape index (κ3) is 8.18. The molecule has 0 amide bonds. The summed E-state index contributed by atoms with van der Waals surface area (Å²) in [6, 6.07) is 7.12. The summed E-state index contributed by atoms with van der Waals surface area (Å²) in [5.41, 5.74) is 9.01. The lowest BCUT2D eigenvalue weighted by Crippen LogP contribution is -2.15. The molecule has 0 unspecified atom stereocenters. The van der Waals surface area contributed by atoms with Gasteiger partial charge in [0.05, 0.1) is 32.8 Å². The molecule has 0 heterocycles. The number of azide groups is 1. The van der Waals surface area contributed by atoms with Crippen molar-refractivity contribution in [2.45, 2.75) is 12.8 Å². The number of carbonyl (C=O) groups excluding carboxylic acids is 1. The number of hydrogen-bond acceptors (Lipinski definition) is 6. The second kappa shape index (κ2) is 14.0. The molecule has 34 heavy (non-hydrogen) atoms. The Hall–Kier alpha value is -3.41. The summed E-state index contributed by atoms with van der Waals surface area (Å²) in [5.74, 6) is -13.5. The molecule has 2 rings (SSSR count). The Balaban J connectivity index is 1.69. The summed E-state index contributed by atoms with van der Waals surface area (Å²) in [6.07, 6.45) is -0.0190. The highest BCUT2D eigenvalue weighted by atomic mass is 19.2. The van der Waals surface area contributed by atoms with E-state index in [9.17, 15) is 26.7 Å². The van der Waals surface area contributed by atoms with Crippen molar-refractivity contribution < 1.29 is 45.7 Å². The summed E-state index contributed by atoms with van der Waals surface area (Å²) in [4.78, 5) is 14.3. The van der Waals surface area contributed by atoms with Crippen molar-refractivity contribution >= 4 is 5.97 Å². The average Bonchev–Trinajstić information content (AvgIpc) is 2.83. The second-order valence-corrected chi connectivity index (χ2v) is 6.55. The molecule has 0 fully saturated rings. The van der Waals surface area contributed by atoms with Crippen LogP contribution >= 0.6 is 0 Å². The van der Waals surface area contributed by atoms with Gasteiger partial charge >= 0.3 is 5.97 Å². The maximum atomic E-state index is 13.5. The van der Waals surface area contributed by atoms with Gasteiger partial charge in [0.25, 0.3) is 0 Å². The number of esters is 1. The van der Waals surface area contributed by atoms with E-state index in [1.165, 1.54) is 0 Å². The quantitative estimate of drug-likeness (QED) is 0.0443. The Bertz CT molecular complexity index is 1010. The summed E-state index contributed by atoms with van der Waals surface area (Å²) >= 11 is 0. The summed E-state index contributed by atoms with van der Waals surface area (Å²) < 4.78 is 86.6. The maximum absolute atomic E-state index is 13.5. The second-order valence-electron chi connectivity index (χ2n) is 6.55. The molecule has 0 aliphatic heterocycles. The first-order valence-corrected chi connectivity index (χ1v) is 9.95. The number of halogens is 5. The van der Waals surface area contributed by atoms with Crippen LogP contribution in [-0.4, -0.2) is 45.5 Å². The van der Waals surface area contributed by atoms with Gasteiger partial charge in [-0.25, -0.2) is 13.2 Å². The van der Waals surface area contributed by atoms with Gasteiger partial charge in [-0.2, -0.15) is 8.78 Å². The van der Waals surface area contributed by atoms with Gasteiger partial charge in [-0.05, 0) is 29.6 Å². The Labute approximate surface area is 190 Å². The summed E-state index contributed by atoms with van der Waals surface area (Å²) in [7, 11) is 0. The van der Waals surface area contributed by atoms with Crippen molar-refractivity contribution in [2.24, 2.45) is 5.11 Å². The van der Waals surface area contributed by atoms with Gasteiger partial charge in [0, 0.05) is 11.5 Å². The fourth-order valence-electron chi connectivity index (χ4n) is 2.55. The van der Waals surface area contributed by atoms with Crippen molar-refractivity contribution in [1.29, 1.82) is 0 Å². The van der Waals surface area contributed by atoms with Gasteiger partial charge in [0.2, 0.25) is 34.8 Å². The van der Waals surface area contributed by atoms with Crippen molar-refractivity contribution in [1.82, 2.24) is 0 Å². The van der Waals surface area contributed by atoms with E-state index in [0.29, 0.717) is 32.0 Å². The zero-order chi connectivity index (χ0) is 24.9. The van der Waals surface area contributed by atoms with Crippen LogP contribution in [0.4, 0.5) is 22.0 Å². The van der Waals surface area contributed by atoms with E-state index < -0.39 is 47.2 Å². The van der Waals surface area contributed by atoms with Crippen molar-refractivity contribution in [3.8, 4) is 11.5 Å². The number of hydrogen-bond donors (Lipinski definition) is 0. The largest absolute Gasteiger partial charge is 0.491 e. The molecular formula is C21H20F5N3O5. The molecule has 8 nitrogen and oxygen atoms in total. The Morgan fingerprint density at radius 3 is 2.26 bits per heavy atom. The van der Waals surface area contributed by atoms with Crippen LogP contribution in [0.2, 0.25) is 0 Å². The number of ether oxygens (including phenoxy) is 4. The Kier molecular flexibility index (Phi) is 11.0. The molecule has 0 saturated carbocycles. The van der Waals surface area contributed by atoms with E-state index in [2.05, 4.69) is 14.8 Å². The summed E-state index contributed by atoms with van der Waals surface area (Å²) in [5, 5.41) is 3.33. The smallest absolute Gasteiger partial charge is 0.313 e. The number of nitrogens with zero attached hydrogens (tertiary/aromatic N) is 3. The molecule has 0 spiro atoms. The van der Waals surface area contributed by atoms with Gasteiger partial charge in [0.15, 0.2) is 0 Å². The fourth-order valence-corrected chi connectivity index (χ4v) is 2.55. The van der Waals surface area contributed by atoms with E-state index >= 15 is 0 Å². The zero-order valence-electron chi connectivity index (χ0n) is 17.7.